The number of hydrogen-bond acceptors (Lipinski definition) is 5. The molecule has 2 atom stereocenters. The molecule has 0 aliphatic heterocycles. The van der Waals surface area contributed by atoms with Gasteiger partial charge in [-0.1, -0.05) is 20.3 Å². The van der Waals surface area contributed by atoms with Gasteiger partial charge >= 0.3 is 5.97 Å². The molecule has 1 saturated carbocycles. The molecule has 6 nitrogen and oxygen atoms in total. The van der Waals surface area contributed by atoms with Gasteiger partial charge in [0, 0.05) is 13.2 Å². The van der Waals surface area contributed by atoms with Crippen LogP contribution in [0.1, 0.15) is 39.5 Å². The van der Waals surface area contributed by atoms with Gasteiger partial charge in [0.2, 0.25) is 10.0 Å². The molecule has 118 valence electrons. The van der Waals surface area contributed by atoms with Gasteiger partial charge in [-0.2, -0.15) is 0 Å². The molecule has 2 N–H and O–H groups in total. The standard InChI is InChI=1S/C13H25NO5S/c1-13(2,7-8-15)9-14-20(17,18)11-6-4-5-10(11)12(16)19-3/h10-11,14-15H,4-9H2,1-3H3. The summed E-state index contributed by atoms with van der Waals surface area (Å²) < 4.78 is 31.9. The van der Waals surface area contributed by atoms with E-state index in [9.17, 15) is 13.2 Å². The molecule has 0 heterocycles. The number of rotatable bonds is 7. The second kappa shape index (κ2) is 6.87. The number of ether oxygens (including phenoxy) is 1. The number of methoxy groups -OCH3 is 1. The lowest BCUT2D eigenvalue weighted by atomic mass is 9.90. The van der Waals surface area contributed by atoms with Crippen LogP contribution >= 0.6 is 0 Å². The van der Waals surface area contributed by atoms with E-state index in [1.54, 1.807) is 0 Å². The smallest absolute Gasteiger partial charge is 0.310 e. The van der Waals surface area contributed by atoms with Crippen molar-refractivity contribution >= 4 is 16.0 Å². The summed E-state index contributed by atoms with van der Waals surface area (Å²) >= 11 is 0. The van der Waals surface area contributed by atoms with Crippen molar-refractivity contribution in [2.45, 2.75) is 44.8 Å². The summed E-state index contributed by atoms with van der Waals surface area (Å²) in [5.41, 5.74) is -0.318. The van der Waals surface area contributed by atoms with Gasteiger partial charge in [-0.05, 0) is 24.7 Å². The maximum atomic E-state index is 12.3. The molecule has 7 heteroatoms. The van der Waals surface area contributed by atoms with Crippen molar-refractivity contribution < 1.29 is 23.1 Å². The number of aliphatic hydroxyl groups is 1. The van der Waals surface area contributed by atoms with E-state index >= 15 is 0 Å². The van der Waals surface area contributed by atoms with Gasteiger partial charge in [0.15, 0.2) is 0 Å². The van der Waals surface area contributed by atoms with Gasteiger partial charge in [0.25, 0.3) is 0 Å². The van der Waals surface area contributed by atoms with Gasteiger partial charge in [0.05, 0.1) is 18.3 Å². The summed E-state index contributed by atoms with van der Waals surface area (Å²) in [6.07, 6.45) is 2.26. The number of hydrogen-bond donors (Lipinski definition) is 2. The highest BCUT2D eigenvalue weighted by Gasteiger charge is 2.42. The fraction of sp³-hybridized carbons (Fsp3) is 0.923. The minimum atomic E-state index is -3.55. The number of esters is 1. The highest BCUT2D eigenvalue weighted by Crippen LogP contribution is 2.32. The zero-order valence-corrected chi connectivity index (χ0v) is 13.2. The van der Waals surface area contributed by atoms with Gasteiger partial charge < -0.3 is 9.84 Å². The van der Waals surface area contributed by atoms with E-state index in [2.05, 4.69) is 9.46 Å². The Bertz CT molecular complexity index is 432. The lowest BCUT2D eigenvalue weighted by Gasteiger charge is -2.26. The molecular weight excluding hydrogens is 282 g/mol. The molecule has 0 bridgehead atoms. The van der Waals surface area contributed by atoms with E-state index in [1.165, 1.54) is 7.11 Å². The number of nitrogens with one attached hydrogen (secondary N) is 1. The van der Waals surface area contributed by atoms with Crippen LogP contribution in [-0.2, 0) is 19.6 Å². The van der Waals surface area contributed by atoms with E-state index in [-0.39, 0.29) is 18.6 Å². The normalized spacial score (nSPS) is 23.8. The number of carbonyl (C=O) groups is 1. The van der Waals surface area contributed by atoms with Gasteiger partial charge in [-0.25, -0.2) is 13.1 Å². The summed E-state index contributed by atoms with van der Waals surface area (Å²) in [5, 5.41) is 8.24. The van der Waals surface area contributed by atoms with E-state index in [0.717, 1.165) is 0 Å². The van der Waals surface area contributed by atoms with Crippen molar-refractivity contribution in [3.8, 4) is 0 Å². The Kier molecular flexibility index (Phi) is 5.97. The maximum absolute atomic E-state index is 12.3. The molecule has 1 rings (SSSR count). The van der Waals surface area contributed by atoms with Gasteiger partial charge in [-0.3, -0.25) is 4.79 Å². The third-order valence-corrected chi connectivity index (χ3v) is 5.80. The molecule has 1 fully saturated rings. The Hall–Kier alpha value is -0.660. The quantitative estimate of drug-likeness (QED) is 0.674. The Morgan fingerprint density at radius 1 is 1.40 bits per heavy atom. The molecule has 20 heavy (non-hydrogen) atoms. The van der Waals surface area contributed by atoms with Crippen molar-refractivity contribution in [1.82, 2.24) is 4.72 Å². The van der Waals surface area contributed by atoms with Crippen molar-refractivity contribution in [2.75, 3.05) is 20.3 Å². The monoisotopic (exact) mass is 307 g/mol. The third-order valence-electron chi connectivity index (χ3n) is 3.90. The average molecular weight is 307 g/mol. The van der Waals surface area contributed by atoms with Crippen LogP contribution in [0.4, 0.5) is 0 Å². The Balaban J connectivity index is 2.71. The molecule has 0 spiro atoms. The predicted octanol–water partition coefficient (Wildman–Crippen LogP) is 0.656. The molecule has 0 aromatic heterocycles. The molecule has 0 aromatic rings. The minimum Gasteiger partial charge on any atom is -0.469 e. The average Bonchev–Trinajstić information content (AvgIpc) is 2.86. The Labute approximate surface area is 120 Å². The first-order chi connectivity index (χ1) is 9.23. The molecule has 0 radical (unpaired) electrons. The van der Waals surface area contributed by atoms with Crippen molar-refractivity contribution in [1.29, 1.82) is 0 Å². The van der Waals surface area contributed by atoms with Crippen molar-refractivity contribution in [3.05, 3.63) is 0 Å². The first-order valence-corrected chi connectivity index (χ1v) is 8.45. The third kappa shape index (κ3) is 4.43. The highest BCUT2D eigenvalue weighted by molar-refractivity contribution is 7.90. The van der Waals surface area contributed by atoms with Crippen LogP contribution in [0.15, 0.2) is 0 Å². The van der Waals surface area contributed by atoms with Crippen LogP contribution in [0.3, 0.4) is 0 Å². The van der Waals surface area contributed by atoms with Crippen LogP contribution in [0.2, 0.25) is 0 Å². The van der Waals surface area contributed by atoms with Crippen LogP contribution in [0, 0.1) is 11.3 Å². The van der Waals surface area contributed by atoms with Crippen LogP contribution in [0.5, 0.6) is 0 Å². The largest absolute Gasteiger partial charge is 0.469 e. The van der Waals surface area contributed by atoms with Crippen LogP contribution in [0.25, 0.3) is 0 Å². The SMILES string of the molecule is COC(=O)C1CCCC1S(=O)(=O)NCC(C)(C)CCO. The topological polar surface area (TPSA) is 92.7 Å². The summed E-state index contributed by atoms with van der Waals surface area (Å²) in [7, 11) is -2.27. The molecule has 2 unspecified atom stereocenters. The number of aliphatic hydroxyl groups excluding tert-OH is 1. The first kappa shape index (κ1) is 17.4. The maximum Gasteiger partial charge on any atom is 0.310 e. The molecule has 1 aliphatic carbocycles. The van der Waals surface area contributed by atoms with Crippen molar-refractivity contribution in [2.24, 2.45) is 11.3 Å². The summed E-state index contributed by atoms with van der Waals surface area (Å²) in [6, 6.07) is 0. The Morgan fingerprint density at radius 2 is 2.05 bits per heavy atom. The molecular formula is C13H25NO5S. The number of carbonyl (C=O) groups excluding carboxylic acids is 1. The zero-order chi connectivity index (χ0) is 15.4. The van der Waals surface area contributed by atoms with Gasteiger partial charge in [-0.15, -0.1) is 0 Å². The molecule has 1 aliphatic rings. The van der Waals surface area contributed by atoms with E-state index < -0.39 is 27.2 Å². The fourth-order valence-electron chi connectivity index (χ4n) is 2.51. The number of sulfonamides is 1. The van der Waals surface area contributed by atoms with Gasteiger partial charge in [0.1, 0.15) is 0 Å². The van der Waals surface area contributed by atoms with Crippen LogP contribution in [-0.4, -0.2) is 45.0 Å². The minimum absolute atomic E-state index is 0.0168. The van der Waals surface area contributed by atoms with E-state index in [4.69, 9.17) is 5.11 Å². The molecule has 0 amide bonds. The lowest BCUT2D eigenvalue weighted by molar-refractivity contribution is -0.145. The summed E-state index contributed by atoms with van der Waals surface area (Å²) in [6.45, 7) is 4.04. The second-order valence-corrected chi connectivity index (χ2v) is 8.09. The van der Waals surface area contributed by atoms with E-state index in [0.29, 0.717) is 25.7 Å². The summed E-state index contributed by atoms with van der Waals surface area (Å²) in [4.78, 5) is 11.6. The van der Waals surface area contributed by atoms with Crippen molar-refractivity contribution in [3.63, 3.8) is 0 Å². The van der Waals surface area contributed by atoms with E-state index in [1.807, 2.05) is 13.8 Å². The lowest BCUT2D eigenvalue weighted by Crippen LogP contribution is -2.43. The highest BCUT2D eigenvalue weighted by atomic mass is 32.2. The first-order valence-electron chi connectivity index (χ1n) is 6.91. The van der Waals surface area contributed by atoms with Crippen LogP contribution < -0.4 is 4.72 Å². The zero-order valence-electron chi connectivity index (χ0n) is 12.4. The Morgan fingerprint density at radius 3 is 2.60 bits per heavy atom. The fourth-order valence-corrected chi connectivity index (χ4v) is 4.48. The molecule has 0 aromatic carbocycles. The molecule has 0 saturated heterocycles. The second-order valence-electron chi connectivity index (χ2n) is 6.10. The predicted molar refractivity (Wildman–Crippen MR) is 75.6 cm³/mol. The summed E-state index contributed by atoms with van der Waals surface area (Å²) in [5.74, 6) is -1.02.